The number of rotatable bonds is 2. The molecule has 0 spiro atoms. The standard InChI is InChI=1S/C16H18N4O3/c1-19-10-17-18-15(19)14-8-20(6-7-22-14)16(21)12-9-23-13-5-3-2-4-11(12)13/h2-5,10,12,14H,6-9H2,1H3/t12-,14+/m1/s1. The first kappa shape index (κ1) is 14.2. The third-order valence-corrected chi connectivity index (χ3v) is 4.41. The van der Waals surface area contributed by atoms with E-state index in [0.717, 1.165) is 17.1 Å². The molecular weight excluding hydrogens is 296 g/mol. The second-order valence-electron chi connectivity index (χ2n) is 5.85. The SMILES string of the molecule is Cn1cnnc1[C@@H]1CN(C(=O)[C@@H]2COc3ccccc32)CCO1. The average Bonchev–Trinajstić information content (AvgIpc) is 3.20. The molecule has 3 heterocycles. The molecule has 2 aliphatic heterocycles. The van der Waals surface area contributed by atoms with Crippen molar-refractivity contribution >= 4 is 5.91 Å². The molecule has 1 amide bonds. The fourth-order valence-electron chi connectivity index (χ4n) is 3.18. The van der Waals surface area contributed by atoms with Crippen molar-refractivity contribution < 1.29 is 14.3 Å². The van der Waals surface area contributed by atoms with Gasteiger partial charge in [0.15, 0.2) is 5.82 Å². The highest BCUT2D eigenvalue weighted by molar-refractivity contribution is 5.85. The summed E-state index contributed by atoms with van der Waals surface area (Å²) in [5.74, 6) is 1.41. The number of hydrogen-bond donors (Lipinski definition) is 0. The van der Waals surface area contributed by atoms with Crippen molar-refractivity contribution in [2.24, 2.45) is 7.05 Å². The van der Waals surface area contributed by atoms with Gasteiger partial charge < -0.3 is 18.9 Å². The monoisotopic (exact) mass is 314 g/mol. The number of aryl methyl sites for hydroxylation is 1. The van der Waals surface area contributed by atoms with E-state index in [1.807, 2.05) is 40.8 Å². The van der Waals surface area contributed by atoms with E-state index in [9.17, 15) is 4.79 Å². The third kappa shape index (κ3) is 2.46. The number of hydrogen-bond acceptors (Lipinski definition) is 5. The molecule has 2 atom stereocenters. The Bertz CT molecular complexity index is 730. The summed E-state index contributed by atoms with van der Waals surface area (Å²) >= 11 is 0. The molecule has 1 fully saturated rings. The van der Waals surface area contributed by atoms with Gasteiger partial charge in [-0.15, -0.1) is 10.2 Å². The normalized spacial score (nSPS) is 23.4. The second-order valence-corrected chi connectivity index (χ2v) is 5.85. The van der Waals surface area contributed by atoms with E-state index in [2.05, 4.69) is 10.2 Å². The van der Waals surface area contributed by atoms with Crippen LogP contribution in [0.3, 0.4) is 0 Å². The van der Waals surface area contributed by atoms with Gasteiger partial charge in [0, 0.05) is 19.2 Å². The molecule has 7 heteroatoms. The molecule has 1 aromatic heterocycles. The van der Waals surface area contributed by atoms with Crippen LogP contribution in [0.25, 0.3) is 0 Å². The Balaban J connectivity index is 1.52. The van der Waals surface area contributed by atoms with E-state index in [1.165, 1.54) is 0 Å². The van der Waals surface area contributed by atoms with Crippen LogP contribution in [0, 0.1) is 0 Å². The van der Waals surface area contributed by atoms with Crippen LogP contribution in [0.2, 0.25) is 0 Å². The molecule has 1 saturated heterocycles. The zero-order valence-corrected chi connectivity index (χ0v) is 12.9. The maximum Gasteiger partial charge on any atom is 0.233 e. The molecule has 2 aliphatic rings. The zero-order chi connectivity index (χ0) is 15.8. The van der Waals surface area contributed by atoms with Gasteiger partial charge in [0.1, 0.15) is 30.7 Å². The number of fused-ring (bicyclic) bond motifs is 1. The lowest BCUT2D eigenvalue weighted by atomic mass is 9.99. The predicted octanol–water partition coefficient (Wildman–Crippen LogP) is 0.891. The van der Waals surface area contributed by atoms with Crippen molar-refractivity contribution in [3.05, 3.63) is 42.0 Å². The van der Waals surface area contributed by atoms with Gasteiger partial charge in [-0.2, -0.15) is 0 Å². The average molecular weight is 314 g/mol. The van der Waals surface area contributed by atoms with E-state index >= 15 is 0 Å². The highest BCUT2D eigenvalue weighted by Gasteiger charge is 2.36. The summed E-state index contributed by atoms with van der Waals surface area (Å²) < 4.78 is 13.2. The van der Waals surface area contributed by atoms with Crippen molar-refractivity contribution in [2.75, 3.05) is 26.3 Å². The van der Waals surface area contributed by atoms with Crippen molar-refractivity contribution in [3.63, 3.8) is 0 Å². The second kappa shape index (κ2) is 5.66. The molecule has 4 rings (SSSR count). The minimum absolute atomic E-state index is 0.0884. The minimum Gasteiger partial charge on any atom is -0.492 e. The first-order chi connectivity index (χ1) is 11.2. The lowest BCUT2D eigenvalue weighted by Gasteiger charge is -2.33. The molecule has 0 saturated carbocycles. The molecule has 23 heavy (non-hydrogen) atoms. The number of para-hydroxylation sites is 1. The molecule has 0 radical (unpaired) electrons. The number of aromatic nitrogens is 3. The van der Waals surface area contributed by atoms with Crippen LogP contribution in [-0.2, 0) is 16.6 Å². The summed E-state index contributed by atoms with van der Waals surface area (Å²) in [7, 11) is 1.88. The third-order valence-electron chi connectivity index (χ3n) is 4.41. The number of ether oxygens (including phenoxy) is 2. The van der Waals surface area contributed by atoms with Crippen LogP contribution in [0.4, 0.5) is 0 Å². The number of carbonyl (C=O) groups is 1. The van der Waals surface area contributed by atoms with Gasteiger partial charge in [0.2, 0.25) is 5.91 Å². The molecule has 2 aromatic rings. The summed E-state index contributed by atoms with van der Waals surface area (Å²) in [6.45, 7) is 1.98. The van der Waals surface area contributed by atoms with Crippen molar-refractivity contribution in [3.8, 4) is 5.75 Å². The number of carbonyl (C=O) groups excluding carboxylic acids is 1. The summed E-state index contributed by atoms with van der Waals surface area (Å²) in [6, 6.07) is 7.73. The molecule has 0 aliphatic carbocycles. The van der Waals surface area contributed by atoms with Crippen LogP contribution in [0.1, 0.15) is 23.4 Å². The Morgan fingerprint density at radius 3 is 3.04 bits per heavy atom. The van der Waals surface area contributed by atoms with Crippen LogP contribution >= 0.6 is 0 Å². The molecule has 0 bridgehead atoms. The number of amides is 1. The van der Waals surface area contributed by atoms with Gasteiger partial charge in [-0.05, 0) is 6.07 Å². The van der Waals surface area contributed by atoms with E-state index in [-0.39, 0.29) is 17.9 Å². The van der Waals surface area contributed by atoms with Gasteiger partial charge in [0.25, 0.3) is 0 Å². The quantitative estimate of drug-likeness (QED) is 0.823. The summed E-state index contributed by atoms with van der Waals surface area (Å²) in [6.07, 6.45) is 1.40. The molecule has 1 aromatic carbocycles. The fourth-order valence-corrected chi connectivity index (χ4v) is 3.18. The number of benzene rings is 1. The van der Waals surface area contributed by atoms with Gasteiger partial charge in [0.05, 0.1) is 13.2 Å². The largest absolute Gasteiger partial charge is 0.492 e. The Hall–Kier alpha value is -2.41. The van der Waals surface area contributed by atoms with Crippen molar-refractivity contribution in [1.29, 1.82) is 0 Å². The topological polar surface area (TPSA) is 69.5 Å². The maximum absolute atomic E-state index is 12.9. The smallest absolute Gasteiger partial charge is 0.233 e. The minimum atomic E-state index is -0.238. The van der Waals surface area contributed by atoms with E-state index in [0.29, 0.717) is 26.3 Å². The van der Waals surface area contributed by atoms with Crippen LogP contribution in [0.5, 0.6) is 5.75 Å². The molecule has 7 nitrogen and oxygen atoms in total. The Morgan fingerprint density at radius 1 is 1.35 bits per heavy atom. The van der Waals surface area contributed by atoms with Gasteiger partial charge in [-0.25, -0.2) is 0 Å². The fraction of sp³-hybridized carbons (Fsp3) is 0.438. The van der Waals surface area contributed by atoms with E-state index in [4.69, 9.17) is 9.47 Å². The highest BCUT2D eigenvalue weighted by Crippen LogP contribution is 2.35. The van der Waals surface area contributed by atoms with E-state index < -0.39 is 0 Å². The Labute approximate surface area is 133 Å². The number of nitrogens with zero attached hydrogens (tertiary/aromatic N) is 4. The van der Waals surface area contributed by atoms with Crippen LogP contribution in [-0.4, -0.2) is 51.9 Å². The maximum atomic E-state index is 12.9. The highest BCUT2D eigenvalue weighted by atomic mass is 16.5. The van der Waals surface area contributed by atoms with Crippen LogP contribution in [0.15, 0.2) is 30.6 Å². The lowest BCUT2D eigenvalue weighted by Crippen LogP contribution is -2.45. The Kier molecular flexibility index (Phi) is 3.49. The first-order valence-corrected chi connectivity index (χ1v) is 7.70. The summed E-state index contributed by atoms with van der Waals surface area (Å²) in [4.78, 5) is 14.8. The molecule has 0 unspecified atom stereocenters. The van der Waals surface area contributed by atoms with Crippen molar-refractivity contribution in [1.82, 2.24) is 19.7 Å². The summed E-state index contributed by atoms with van der Waals surface area (Å²) in [5.41, 5.74) is 0.971. The van der Waals surface area contributed by atoms with Crippen LogP contribution < -0.4 is 4.74 Å². The predicted molar refractivity (Wildman–Crippen MR) is 81.0 cm³/mol. The molecular formula is C16H18N4O3. The Morgan fingerprint density at radius 2 is 2.22 bits per heavy atom. The lowest BCUT2D eigenvalue weighted by molar-refractivity contribution is -0.141. The summed E-state index contributed by atoms with van der Waals surface area (Å²) in [5, 5.41) is 7.98. The molecule has 120 valence electrons. The van der Waals surface area contributed by atoms with Crippen molar-refractivity contribution in [2.45, 2.75) is 12.0 Å². The zero-order valence-electron chi connectivity index (χ0n) is 12.9. The number of morpholine rings is 1. The van der Waals surface area contributed by atoms with Gasteiger partial charge in [-0.1, -0.05) is 18.2 Å². The van der Waals surface area contributed by atoms with Gasteiger partial charge in [-0.3, -0.25) is 4.79 Å². The first-order valence-electron chi connectivity index (χ1n) is 7.70. The molecule has 0 N–H and O–H groups in total. The van der Waals surface area contributed by atoms with E-state index in [1.54, 1.807) is 6.33 Å². The van der Waals surface area contributed by atoms with Gasteiger partial charge >= 0.3 is 0 Å².